The minimum Gasteiger partial charge on any atom is -0.323 e. The van der Waals surface area contributed by atoms with Gasteiger partial charge in [-0.1, -0.05) is 13.8 Å². The van der Waals surface area contributed by atoms with E-state index in [9.17, 15) is 0 Å². The molecule has 0 aliphatic carbocycles. The van der Waals surface area contributed by atoms with E-state index in [-0.39, 0.29) is 0 Å². The van der Waals surface area contributed by atoms with E-state index in [1.807, 2.05) is 6.20 Å². The van der Waals surface area contributed by atoms with Crippen LogP contribution in [0.5, 0.6) is 0 Å². The van der Waals surface area contributed by atoms with Crippen LogP contribution in [0.1, 0.15) is 26.5 Å². The highest BCUT2D eigenvalue weighted by atomic mass is 79.9. The third-order valence-electron chi connectivity index (χ3n) is 1.82. The van der Waals surface area contributed by atoms with Crippen molar-refractivity contribution in [2.45, 2.75) is 33.7 Å². The Morgan fingerprint density at radius 2 is 2.25 bits per heavy atom. The first-order valence-corrected chi connectivity index (χ1v) is 5.14. The second-order valence-electron chi connectivity index (χ2n) is 3.36. The number of hydrogen-bond acceptors (Lipinski definition) is 1. The van der Waals surface area contributed by atoms with Gasteiger partial charge in [0.05, 0.1) is 0 Å². The van der Waals surface area contributed by atoms with Gasteiger partial charge < -0.3 is 4.57 Å². The van der Waals surface area contributed by atoms with E-state index in [0.717, 1.165) is 17.7 Å². The molecule has 0 amide bonds. The second kappa shape index (κ2) is 4.08. The number of hydrogen-bond donors (Lipinski definition) is 0. The van der Waals surface area contributed by atoms with Crippen molar-refractivity contribution in [2.24, 2.45) is 5.92 Å². The lowest BCUT2D eigenvalue weighted by atomic mass is 10.1. The maximum Gasteiger partial charge on any atom is 0.177 e. The molecule has 0 unspecified atom stereocenters. The molecular weight excluding hydrogens is 216 g/mol. The first-order valence-electron chi connectivity index (χ1n) is 4.35. The van der Waals surface area contributed by atoms with Gasteiger partial charge in [-0.2, -0.15) is 0 Å². The zero-order valence-electron chi connectivity index (χ0n) is 7.84. The Hall–Kier alpha value is -0.310. The predicted octanol–water partition coefficient (Wildman–Crippen LogP) is 2.86. The predicted molar refractivity (Wildman–Crippen MR) is 54.1 cm³/mol. The number of nitrogens with zero attached hydrogens (tertiary/aromatic N) is 2. The summed E-state index contributed by atoms with van der Waals surface area (Å²) in [5, 5.41) is 0. The van der Waals surface area contributed by atoms with Gasteiger partial charge in [0.1, 0.15) is 0 Å². The average Bonchev–Trinajstić information content (AvgIpc) is 2.30. The van der Waals surface area contributed by atoms with Crippen molar-refractivity contribution >= 4 is 15.9 Å². The van der Waals surface area contributed by atoms with Crippen molar-refractivity contribution in [1.29, 1.82) is 0 Å². The SMILES string of the molecule is CCn1c(CC(C)C)cnc1Br. The van der Waals surface area contributed by atoms with Crippen molar-refractivity contribution in [2.75, 3.05) is 0 Å². The van der Waals surface area contributed by atoms with Crippen molar-refractivity contribution in [1.82, 2.24) is 9.55 Å². The van der Waals surface area contributed by atoms with Crippen LogP contribution in [0.15, 0.2) is 10.9 Å². The largest absolute Gasteiger partial charge is 0.323 e. The van der Waals surface area contributed by atoms with Gasteiger partial charge in [-0.05, 0) is 35.2 Å². The van der Waals surface area contributed by atoms with Crippen LogP contribution in [0, 0.1) is 5.92 Å². The van der Waals surface area contributed by atoms with E-state index in [1.54, 1.807) is 0 Å². The molecule has 0 fully saturated rings. The topological polar surface area (TPSA) is 17.8 Å². The lowest BCUT2D eigenvalue weighted by Gasteiger charge is -2.07. The van der Waals surface area contributed by atoms with Crippen LogP contribution in [-0.2, 0) is 13.0 Å². The van der Waals surface area contributed by atoms with Crippen LogP contribution < -0.4 is 0 Å². The smallest absolute Gasteiger partial charge is 0.177 e. The highest BCUT2D eigenvalue weighted by molar-refractivity contribution is 9.10. The van der Waals surface area contributed by atoms with Crippen LogP contribution >= 0.6 is 15.9 Å². The fourth-order valence-corrected chi connectivity index (χ4v) is 1.88. The molecule has 0 N–H and O–H groups in total. The number of imidazole rings is 1. The Labute approximate surface area is 82.1 Å². The Morgan fingerprint density at radius 1 is 1.58 bits per heavy atom. The molecule has 3 heteroatoms. The number of halogens is 1. The van der Waals surface area contributed by atoms with Gasteiger partial charge in [0, 0.05) is 18.4 Å². The summed E-state index contributed by atoms with van der Waals surface area (Å²) < 4.78 is 3.14. The van der Waals surface area contributed by atoms with Crippen molar-refractivity contribution in [3.05, 3.63) is 16.6 Å². The van der Waals surface area contributed by atoms with Crippen molar-refractivity contribution in [3.63, 3.8) is 0 Å². The van der Waals surface area contributed by atoms with Gasteiger partial charge >= 0.3 is 0 Å². The third-order valence-corrected chi connectivity index (χ3v) is 2.46. The highest BCUT2D eigenvalue weighted by Gasteiger charge is 2.06. The molecule has 0 spiro atoms. The van der Waals surface area contributed by atoms with Gasteiger partial charge in [0.2, 0.25) is 0 Å². The molecule has 1 heterocycles. The fraction of sp³-hybridized carbons (Fsp3) is 0.667. The Kier molecular flexibility index (Phi) is 3.32. The lowest BCUT2D eigenvalue weighted by Crippen LogP contribution is -2.04. The monoisotopic (exact) mass is 230 g/mol. The van der Waals surface area contributed by atoms with Gasteiger partial charge in [0.15, 0.2) is 4.73 Å². The third kappa shape index (κ3) is 2.09. The maximum atomic E-state index is 4.22. The summed E-state index contributed by atoms with van der Waals surface area (Å²) in [4.78, 5) is 4.22. The first kappa shape index (κ1) is 9.78. The standard InChI is InChI=1S/C9H15BrN2/c1-4-12-8(5-7(2)3)6-11-9(12)10/h6-7H,4-5H2,1-3H3. The molecule has 68 valence electrons. The summed E-state index contributed by atoms with van der Waals surface area (Å²) in [7, 11) is 0. The molecule has 0 aliphatic heterocycles. The molecule has 0 saturated carbocycles. The quantitative estimate of drug-likeness (QED) is 0.782. The summed E-state index contributed by atoms with van der Waals surface area (Å²) in [5.74, 6) is 0.693. The summed E-state index contributed by atoms with van der Waals surface area (Å²) >= 11 is 3.42. The van der Waals surface area contributed by atoms with Crippen molar-refractivity contribution in [3.8, 4) is 0 Å². The van der Waals surface area contributed by atoms with E-state index < -0.39 is 0 Å². The Morgan fingerprint density at radius 3 is 2.75 bits per heavy atom. The van der Waals surface area contributed by atoms with Crippen LogP contribution in [0.4, 0.5) is 0 Å². The molecule has 1 aromatic heterocycles. The van der Waals surface area contributed by atoms with Gasteiger partial charge in [-0.3, -0.25) is 0 Å². The number of rotatable bonds is 3. The zero-order valence-corrected chi connectivity index (χ0v) is 9.43. The molecule has 12 heavy (non-hydrogen) atoms. The molecule has 1 aromatic rings. The van der Waals surface area contributed by atoms with Crippen LogP contribution in [0.3, 0.4) is 0 Å². The highest BCUT2D eigenvalue weighted by Crippen LogP contribution is 2.14. The van der Waals surface area contributed by atoms with Crippen LogP contribution in [0.2, 0.25) is 0 Å². The van der Waals surface area contributed by atoms with Crippen molar-refractivity contribution < 1.29 is 0 Å². The molecule has 0 bridgehead atoms. The van der Waals surface area contributed by atoms with Gasteiger partial charge in [0.25, 0.3) is 0 Å². The number of aromatic nitrogens is 2. The maximum absolute atomic E-state index is 4.22. The second-order valence-corrected chi connectivity index (χ2v) is 4.07. The molecular formula is C9H15BrN2. The zero-order chi connectivity index (χ0) is 9.14. The molecule has 0 radical (unpaired) electrons. The van der Waals surface area contributed by atoms with Crippen LogP contribution in [0.25, 0.3) is 0 Å². The molecule has 0 aliphatic rings. The molecule has 2 nitrogen and oxygen atoms in total. The Bertz CT molecular complexity index is 253. The lowest BCUT2D eigenvalue weighted by molar-refractivity contribution is 0.593. The summed E-state index contributed by atoms with van der Waals surface area (Å²) in [6.07, 6.45) is 3.06. The first-order chi connectivity index (χ1) is 5.65. The fourth-order valence-electron chi connectivity index (χ4n) is 1.30. The average molecular weight is 231 g/mol. The summed E-state index contributed by atoms with van der Waals surface area (Å²) in [5.41, 5.74) is 1.32. The van der Waals surface area contributed by atoms with Gasteiger partial charge in [-0.15, -0.1) is 0 Å². The Balaban J connectivity index is 2.84. The van der Waals surface area contributed by atoms with E-state index >= 15 is 0 Å². The normalized spacial score (nSPS) is 11.1. The molecule has 1 rings (SSSR count). The van der Waals surface area contributed by atoms with Crippen LogP contribution in [-0.4, -0.2) is 9.55 Å². The minimum atomic E-state index is 0.693. The van der Waals surface area contributed by atoms with E-state index in [4.69, 9.17) is 0 Å². The summed E-state index contributed by atoms with van der Waals surface area (Å²) in [6.45, 7) is 7.57. The molecule has 0 aromatic carbocycles. The summed E-state index contributed by atoms with van der Waals surface area (Å²) in [6, 6.07) is 0. The molecule has 0 atom stereocenters. The van der Waals surface area contributed by atoms with E-state index in [1.165, 1.54) is 5.69 Å². The van der Waals surface area contributed by atoms with E-state index in [0.29, 0.717) is 5.92 Å². The molecule has 0 saturated heterocycles. The van der Waals surface area contributed by atoms with Gasteiger partial charge in [-0.25, -0.2) is 4.98 Å². The van der Waals surface area contributed by atoms with E-state index in [2.05, 4.69) is 46.3 Å². The minimum absolute atomic E-state index is 0.693.